The lowest BCUT2D eigenvalue weighted by Crippen LogP contribution is -2.46. The Morgan fingerprint density at radius 1 is 1.04 bits per heavy atom. The highest BCUT2D eigenvalue weighted by Gasteiger charge is 2.19. The first-order valence-electron chi connectivity index (χ1n) is 7.90. The lowest BCUT2D eigenvalue weighted by atomic mass is 9.90. The predicted molar refractivity (Wildman–Crippen MR) is 100 cm³/mol. The lowest BCUT2D eigenvalue weighted by Gasteiger charge is -2.16. The smallest absolute Gasteiger partial charge is 0.272 e. The first kappa shape index (κ1) is 17.2. The summed E-state index contributed by atoms with van der Waals surface area (Å²) in [6.07, 6.45) is 4.85. The fourth-order valence-corrected chi connectivity index (χ4v) is 3.34. The van der Waals surface area contributed by atoms with Crippen LogP contribution in [0.1, 0.15) is 41.9 Å². The Hall–Kier alpha value is -2.67. The predicted octanol–water partition coefficient (Wildman–Crippen LogP) is 1.11. The van der Waals surface area contributed by atoms with Gasteiger partial charge in [0.25, 0.3) is 11.1 Å². The molecular formula is C18H20N4O2S. The third-order valence-corrected chi connectivity index (χ3v) is 4.68. The van der Waals surface area contributed by atoms with Crippen LogP contribution in [0.2, 0.25) is 0 Å². The van der Waals surface area contributed by atoms with Gasteiger partial charge in [-0.2, -0.15) is 0 Å². The summed E-state index contributed by atoms with van der Waals surface area (Å²) in [5, 5.41) is 0.421. The van der Waals surface area contributed by atoms with Crippen molar-refractivity contribution in [3.8, 4) is 0 Å². The Bertz CT molecular complexity index is 1140. The van der Waals surface area contributed by atoms with Gasteiger partial charge < -0.3 is 15.0 Å². The van der Waals surface area contributed by atoms with Crippen molar-refractivity contribution in [2.45, 2.75) is 33.1 Å². The van der Waals surface area contributed by atoms with Crippen molar-refractivity contribution in [2.24, 2.45) is 0 Å². The highest BCUT2D eigenvalue weighted by atomic mass is 32.1. The largest absolute Gasteiger partial charge is 0.348 e. The molecule has 0 atom stereocenters. The van der Waals surface area contributed by atoms with E-state index in [4.69, 9.17) is 0 Å². The molecular weight excluding hydrogens is 336 g/mol. The van der Waals surface area contributed by atoms with E-state index in [-0.39, 0.29) is 27.2 Å². The number of imidazole rings is 1. The van der Waals surface area contributed by atoms with Crippen LogP contribution < -0.4 is 21.8 Å². The molecule has 3 aromatic heterocycles. The molecule has 0 aromatic carbocycles. The maximum absolute atomic E-state index is 12.4. The summed E-state index contributed by atoms with van der Waals surface area (Å²) < 4.78 is 0. The molecule has 3 aromatic rings. The molecule has 0 spiro atoms. The van der Waals surface area contributed by atoms with Crippen molar-refractivity contribution >= 4 is 23.5 Å². The van der Waals surface area contributed by atoms with Crippen LogP contribution >= 0.6 is 11.3 Å². The lowest BCUT2D eigenvalue weighted by molar-refractivity contribution is 0.571. The van der Waals surface area contributed by atoms with Gasteiger partial charge in [0.1, 0.15) is 10.7 Å². The second-order valence-corrected chi connectivity index (χ2v) is 8.20. The number of H-pyrrole nitrogens is 3. The zero-order valence-electron chi connectivity index (χ0n) is 14.6. The molecule has 0 bridgehead atoms. The molecule has 0 radical (unpaired) electrons. The third kappa shape index (κ3) is 3.71. The number of nitrogens with zero attached hydrogens (tertiary/aromatic N) is 1. The van der Waals surface area contributed by atoms with Gasteiger partial charge in [0.05, 0.1) is 12.0 Å². The molecule has 0 fully saturated rings. The minimum atomic E-state index is -0.359. The monoisotopic (exact) mass is 356 g/mol. The minimum absolute atomic E-state index is 0.153. The SMILES string of the molecule is Cc1ccc(/C=c2/[nH]c(=O)/c(=C\c3nc[nH]c3C(C)(C)C)[nH]c2=O)s1. The average molecular weight is 356 g/mol. The number of thiophene rings is 1. The Morgan fingerprint density at radius 2 is 1.68 bits per heavy atom. The van der Waals surface area contributed by atoms with Crippen molar-refractivity contribution in [1.82, 2.24) is 19.9 Å². The normalized spacial score (nSPS) is 13.6. The van der Waals surface area contributed by atoms with Crippen LogP contribution in [0.5, 0.6) is 0 Å². The Balaban J connectivity index is 2.14. The number of rotatable bonds is 2. The summed E-state index contributed by atoms with van der Waals surface area (Å²) >= 11 is 1.56. The van der Waals surface area contributed by atoms with E-state index in [1.165, 1.54) is 0 Å². The maximum Gasteiger partial charge on any atom is 0.272 e. The maximum atomic E-state index is 12.4. The van der Waals surface area contributed by atoms with Crippen LogP contribution in [-0.2, 0) is 5.41 Å². The third-order valence-electron chi connectivity index (χ3n) is 3.73. The minimum Gasteiger partial charge on any atom is -0.348 e. The van der Waals surface area contributed by atoms with Crippen LogP contribution in [0.25, 0.3) is 12.2 Å². The molecule has 0 unspecified atom stereocenters. The quantitative estimate of drug-likeness (QED) is 0.642. The van der Waals surface area contributed by atoms with E-state index in [1.807, 2.05) is 39.8 Å². The molecule has 0 aliphatic carbocycles. The van der Waals surface area contributed by atoms with Crippen molar-refractivity contribution in [3.05, 3.63) is 71.0 Å². The molecule has 3 N–H and O–H groups in total. The standard InChI is InChI=1S/C18H20N4O2S/c1-10-5-6-11(25-10)7-13-16(23)22-14(17(24)21-13)8-12-15(18(2,3)4)20-9-19-12/h5-9H,1-4H3,(H,19,20)(H,21,24)(H,22,23)/b13-7+,14-8+. The van der Waals surface area contributed by atoms with Gasteiger partial charge in [-0.1, -0.05) is 20.8 Å². The highest BCUT2D eigenvalue weighted by Crippen LogP contribution is 2.22. The molecule has 25 heavy (non-hydrogen) atoms. The summed E-state index contributed by atoms with van der Waals surface area (Å²) in [5.74, 6) is 0. The van der Waals surface area contributed by atoms with Crippen molar-refractivity contribution in [3.63, 3.8) is 0 Å². The summed E-state index contributed by atoms with van der Waals surface area (Å²) in [4.78, 5) is 39.4. The fourth-order valence-electron chi connectivity index (χ4n) is 2.52. The summed E-state index contributed by atoms with van der Waals surface area (Å²) in [7, 11) is 0. The molecule has 7 heteroatoms. The number of hydrogen-bond acceptors (Lipinski definition) is 4. The van der Waals surface area contributed by atoms with Crippen LogP contribution in [0.4, 0.5) is 0 Å². The second kappa shape index (κ2) is 6.33. The molecule has 130 valence electrons. The van der Waals surface area contributed by atoms with E-state index >= 15 is 0 Å². The fraction of sp³-hybridized carbons (Fsp3) is 0.278. The molecule has 0 saturated heterocycles. The number of hydrogen-bond donors (Lipinski definition) is 3. The van der Waals surface area contributed by atoms with Crippen molar-refractivity contribution in [1.29, 1.82) is 0 Å². The summed E-state index contributed by atoms with van der Waals surface area (Å²) in [6.45, 7) is 8.13. The molecule has 0 saturated carbocycles. The molecule has 0 amide bonds. The number of nitrogens with one attached hydrogen (secondary N) is 3. The molecule has 3 rings (SSSR count). The average Bonchev–Trinajstić information content (AvgIpc) is 3.13. The first-order valence-corrected chi connectivity index (χ1v) is 8.72. The van der Waals surface area contributed by atoms with E-state index in [1.54, 1.807) is 29.8 Å². The van der Waals surface area contributed by atoms with Gasteiger partial charge >= 0.3 is 0 Å². The Morgan fingerprint density at radius 3 is 2.24 bits per heavy atom. The Kier molecular flexibility index (Phi) is 4.34. The van der Waals surface area contributed by atoms with Gasteiger partial charge in [-0.3, -0.25) is 9.59 Å². The summed E-state index contributed by atoms with van der Waals surface area (Å²) in [6, 6.07) is 3.88. The second-order valence-electron chi connectivity index (χ2n) is 6.89. The molecule has 0 aliphatic rings. The van der Waals surface area contributed by atoms with Crippen molar-refractivity contribution in [2.75, 3.05) is 0 Å². The van der Waals surface area contributed by atoms with Gasteiger partial charge in [0, 0.05) is 20.9 Å². The van der Waals surface area contributed by atoms with Crippen molar-refractivity contribution < 1.29 is 0 Å². The van der Waals surface area contributed by atoms with E-state index in [9.17, 15) is 9.59 Å². The van der Waals surface area contributed by atoms with Gasteiger partial charge in [-0.25, -0.2) is 4.98 Å². The van der Waals surface area contributed by atoms with Gasteiger partial charge in [0.2, 0.25) is 0 Å². The molecule has 3 heterocycles. The van der Waals surface area contributed by atoms with Crippen LogP contribution in [0.15, 0.2) is 28.0 Å². The Labute approximate surface area is 148 Å². The zero-order valence-corrected chi connectivity index (χ0v) is 15.4. The highest BCUT2D eigenvalue weighted by molar-refractivity contribution is 7.12. The van der Waals surface area contributed by atoms with E-state index in [2.05, 4.69) is 19.9 Å². The summed E-state index contributed by atoms with van der Waals surface area (Å²) in [5.41, 5.74) is 0.684. The van der Waals surface area contributed by atoms with Crippen LogP contribution in [0.3, 0.4) is 0 Å². The van der Waals surface area contributed by atoms with Crippen LogP contribution in [-0.4, -0.2) is 19.9 Å². The van der Waals surface area contributed by atoms with Gasteiger partial charge in [0.15, 0.2) is 0 Å². The first-order chi connectivity index (χ1) is 11.7. The van der Waals surface area contributed by atoms with Gasteiger partial charge in [-0.15, -0.1) is 11.3 Å². The van der Waals surface area contributed by atoms with Crippen LogP contribution in [0, 0.1) is 6.92 Å². The van der Waals surface area contributed by atoms with E-state index in [0.29, 0.717) is 5.69 Å². The van der Waals surface area contributed by atoms with E-state index < -0.39 is 0 Å². The molecule has 6 nitrogen and oxygen atoms in total. The topological polar surface area (TPSA) is 94.4 Å². The number of aryl methyl sites for hydroxylation is 1. The molecule has 0 aliphatic heterocycles. The van der Waals surface area contributed by atoms with Gasteiger partial charge in [-0.05, 0) is 31.2 Å². The number of aromatic nitrogens is 4. The number of aromatic amines is 3. The zero-order chi connectivity index (χ0) is 18.2. The van der Waals surface area contributed by atoms with E-state index in [0.717, 1.165) is 15.4 Å².